The van der Waals surface area contributed by atoms with E-state index >= 15 is 0 Å². The van der Waals surface area contributed by atoms with Gasteiger partial charge < -0.3 is 9.84 Å². The molecule has 0 spiro atoms. The highest BCUT2D eigenvalue weighted by Gasteiger charge is 2.24. The van der Waals surface area contributed by atoms with Crippen molar-refractivity contribution in [1.29, 1.82) is 0 Å². The molecule has 1 aromatic carbocycles. The van der Waals surface area contributed by atoms with Crippen LogP contribution in [0.3, 0.4) is 0 Å². The number of aliphatic hydroxyl groups excluding tert-OH is 1. The Morgan fingerprint density at radius 2 is 1.93 bits per heavy atom. The molecule has 1 N–H and O–H groups in total. The van der Waals surface area contributed by atoms with Crippen LogP contribution in [-0.4, -0.2) is 18.3 Å². The van der Waals surface area contributed by atoms with Gasteiger partial charge in [-0.2, -0.15) is 0 Å². The molecule has 0 aliphatic rings. The maximum Gasteiger partial charge on any atom is 0.156 e. The Kier molecular flexibility index (Phi) is 3.47. The normalized spacial score (nSPS) is 14.9. The Balaban J connectivity index is 2.82. The molecule has 1 aromatic rings. The zero-order valence-electron chi connectivity index (χ0n) is 8.46. The first kappa shape index (κ1) is 11.0. The molecule has 1 rings (SSSR count). The summed E-state index contributed by atoms with van der Waals surface area (Å²) >= 11 is 0. The standard InChI is InChI=1S/C11H15FO2/c1-3-14-10-6-4-9(5-7-10)11(2,12)8-13/h4-7,13H,3,8H2,1-2H3. The highest BCUT2D eigenvalue weighted by Crippen LogP contribution is 2.26. The lowest BCUT2D eigenvalue weighted by atomic mass is 9.99. The molecular formula is C11H15FO2. The molecule has 0 fully saturated rings. The van der Waals surface area contributed by atoms with Crippen LogP contribution in [0.1, 0.15) is 19.4 Å². The van der Waals surface area contributed by atoms with Gasteiger partial charge in [0.05, 0.1) is 13.2 Å². The highest BCUT2D eigenvalue weighted by atomic mass is 19.1. The fourth-order valence-electron chi connectivity index (χ4n) is 1.16. The third kappa shape index (κ3) is 2.45. The van der Waals surface area contributed by atoms with E-state index in [1.807, 2.05) is 6.92 Å². The van der Waals surface area contributed by atoms with Crippen LogP contribution >= 0.6 is 0 Å². The van der Waals surface area contributed by atoms with Crippen LogP contribution in [0.2, 0.25) is 0 Å². The summed E-state index contributed by atoms with van der Waals surface area (Å²) in [6.07, 6.45) is 0. The summed E-state index contributed by atoms with van der Waals surface area (Å²) < 4.78 is 18.8. The maximum atomic E-state index is 13.6. The highest BCUT2D eigenvalue weighted by molar-refractivity contribution is 5.30. The molecule has 0 aliphatic carbocycles. The van der Waals surface area contributed by atoms with E-state index in [4.69, 9.17) is 9.84 Å². The Bertz CT molecular complexity index is 280. The first-order valence-corrected chi connectivity index (χ1v) is 4.63. The second-order valence-electron chi connectivity index (χ2n) is 3.31. The Hall–Kier alpha value is -1.09. The third-order valence-corrected chi connectivity index (χ3v) is 2.06. The van der Waals surface area contributed by atoms with Gasteiger partial charge in [0.2, 0.25) is 0 Å². The average molecular weight is 198 g/mol. The number of rotatable bonds is 4. The van der Waals surface area contributed by atoms with E-state index in [2.05, 4.69) is 0 Å². The molecule has 0 aromatic heterocycles. The van der Waals surface area contributed by atoms with Crippen molar-refractivity contribution in [2.45, 2.75) is 19.5 Å². The molecule has 0 heterocycles. The molecule has 1 unspecified atom stereocenters. The summed E-state index contributed by atoms with van der Waals surface area (Å²) in [6, 6.07) is 6.65. The summed E-state index contributed by atoms with van der Waals surface area (Å²) in [5, 5.41) is 8.81. The van der Waals surface area contributed by atoms with Gasteiger partial charge in [0.15, 0.2) is 5.67 Å². The van der Waals surface area contributed by atoms with Crippen molar-refractivity contribution < 1.29 is 14.2 Å². The third-order valence-electron chi connectivity index (χ3n) is 2.06. The fraction of sp³-hybridized carbons (Fsp3) is 0.455. The van der Waals surface area contributed by atoms with Crippen molar-refractivity contribution in [3.63, 3.8) is 0 Å². The minimum atomic E-state index is -1.68. The smallest absolute Gasteiger partial charge is 0.156 e. The summed E-state index contributed by atoms with van der Waals surface area (Å²) in [5.74, 6) is 0.713. The van der Waals surface area contributed by atoms with E-state index in [-0.39, 0.29) is 0 Å². The minimum Gasteiger partial charge on any atom is -0.494 e. The van der Waals surface area contributed by atoms with Crippen LogP contribution in [0.4, 0.5) is 4.39 Å². The number of hydrogen-bond donors (Lipinski definition) is 1. The molecule has 78 valence electrons. The van der Waals surface area contributed by atoms with Crippen molar-refractivity contribution in [1.82, 2.24) is 0 Å². The summed E-state index contributed by atoms with van der Waals surface area (Å²) in [5.41, 5.74) is -1.21. The molecule has 0 aliphatic heterocycles. The summed E-state index contributed by atoms with van der Waals surface area (Å²) in [7, 11) is 0. The molecule has 0 saturated heterocycles. The Labute approximate surface area is 83.3 Å². The minimum absolute atomic E-state index is 0.462. The fourth-order valence-corrected chi connectivity index (χ4v) is 1.16. The number of halogens is 1. The number of alkyl halides is 1. The van der Waals surface area contributed by atoms with Crippen molar-refractivity contribution in [3.05, 3.63) is 29.8 Å². The van der Waals surface area contributed by atoms with E-state index < -0.39 is 12.3 Å². The molecule has 2 nitrogen and oxygen atoms in total. The molecule has 0 radical (unpaired) electrons. The van der Waals surface area contributed by atoms with Crippen molar-refractivity contribution in [2.75, 3.05) is 13.2 Å². The molecule has 0 saturated carbocycles. The van der Waals surface area contributed by atoms with Crippen LogP contribution in [0.5, 0.6) is 5.75 Å². The quantitative estimate of drug-likeness (QED) is 0.804. The number of aliphatic hydroxyl groups is 1. The van der Waals surface area contributed by atoms with Gasteiger partial charge in [-0.3, -0.25) is 0 Å². The van der Waals surface area contributed by atoms with Crippen LogP contribution in [-0.2, 0) is 5.67 Å². The molecular weight excluding hydrogens is 183 g/mol. The zero-order chi connectivity index (χ0) is 10.6. The molecule has 1 atom stereocenters. The number of ether oxygens (including phenoxy) is 1. The van der Waals surface area contributed by atoms with E-state index in [1.54, 1.807) is 24.3 Å². The maximum absolute atomic E-state index is 13.6. The number of benzene rings is 1. The van der Waals surface area contributed by atoms with Gasteiger partial charge in [0.1, 0.15) is 5.75 Å². The summed E-state index contributed by atoms with van der Waals surface area (Å²) in [6.45, 7) is 3.32. The SMILES string of the molecule is CCOc1ccc(C(C)(F)CO)cc1. The number of hydrogen-bond acceptors (Lipinski definition) is 2. The van der Waals surface area contributed by atoms with E-state index in [1.165, 1.54) is 6.92 Å². The van der Waals surface area contributed by atoms with E-state index in [0.717, 1.165) is 0 Å². The van der Waals surface area contributed by atoms with Gasteiger partial charge in [-0.1, -0.05) is 12.1 Å². The van der Waals surface area contributed by atoms with E-state index in [9.17, 15) is 4.39 Å². The van der Waals surface area contributed by atoms with Gasteiger partial charge in [-0.05, 0) is 31.5 Å². The molecule has 0 bridgehead atoms. The second-order valence-corrected chi connectivity index (χ2v) is 3.31. The lowest BCUT2D eigenvalue weighted by molar-refractivity contribution is 0.0867. The van der Waals surface area contributed by atoms with Crippen molar-refractivity contribution >= 4 is 0 Å². The summed E-state index contributed by atoms with van der Waals surface area (Å²) in [4.78, 5) is 0. The second kappa shape index (κ2) is 4.42. The van der Waals surface area contributed by atoms with Gasteiger partial charge in [0, 0.05) is 0 Å². The van der Waals surface area contributed by atoms with Crippen LogP contribution in [0.15, 0.2) is 24.3 Å². The predicted octanol–water partition coefficient (Wildman–Crippen LogP) is 2.26. The Morgan fingerprint density at radius 1 is 1.36 bits per heavy atom. The molecule has 3 heteroatoms. The van der Waals surface area contributed by atoms with Crippen molar-refractivity contribution in [2.24, 2.45) is 0 Å². The topological polar surface area (TPSA) is 29.5 Å². The molecule has 0 amide bonds. The van der Waals surface area contributed by atoms with Crippen LogP contribution in [0.25, 0.3) is 0 Å². The van der Waals surface area contributed by atoms with Gasteiger partial charge in [-0.25, -0.2) is 4.39 Å². The first-order chi connectivity index (χ1) is 6.60. The largest absolute Gasteiger partial charge is 0.494 e. The van der Waals surface area contributed by atoms with Crippen molar-refractivity contribution in [3.8, 4) is 5.75 Å². The zero-order valence-corrected chi connectivity index (χ0v) is 8.46. The predicted molar refractivity (Wildman–Crippen MR) is 53.2 cm³/mol. The van der Waals surface area contributed by atoms with Crippen LogP contribution < -0.4 is 4.74 Å². The molecule has 14 heavy (non-hydrogen) atoms. The average Bonchev–Trinajstić information content (AvgIpc) is 2.19. The monoisotopic (exact) mass is 198 g/mol. The first-order valence-electron chi connectivity index (χ1n) is 4.63. The lowest BCUT2D eigenvalue weighted by Gasteiger charge is -2.17. The van der Waals surface area contributed by atoms with Crippen LogP contribution in [0, 0.1) is 0 Å². The van der Waals surface area contributed by atoms with Gasteiger partial charge >= 0.3 is 0 Å². The van der Waals surface area contributed by atoms with Gasteiger partial charge in [0.25, 0.3) is 0 Å². The Morgan fingerprint density at radius 3 is 2.36 bits per heavy atom. The van der Waals surface area contributed by atoms with E-state index in [0.29, 0.717) is 17.9 Å². The van der Waals surface area contributed by atoms with Gasteiger partial charge in [-0.15, -0.1) is 0 Å². The lowest BCUT2D eigenvalue weighted by Crippen LogP contribution is -2.19.